The van der Waals surface area contributed by atoms with Gasteiger partial charge in [0.2, 0.25) is 0 Å². The molecule has 1 rings (SSSR count). The molecule has 0 aliphatic carbocycles. The van der Waals surface area contributed by atoms with E-state index < -0.39 is 17.9 Å². The van der Waals surface area contributed by atoms with E-state index in [1.165, 1.54) is 6.07 Å². The van der Waals surface area contributed by atoms with E-state index in [-0.39, 0.29) is 18.9 Å². The smallest absolute Gasteiger partial charge is 0.314 e. The second kappa shape index (κ2) is 8.94. The summed E-state index contributed by atoms with van der Waals surface area (Å²) in [5, 5.41) is 14.1. The van der Waals surface area contributed by atoms with Gasteiger partial charge in [0, 0.05) is 13.1 Å². The number of rotatable bonds is 8. The van der Waals surface area contributed by atoms with Crippen LogP contribution in [0.2, 0.25) is 0 Å². The first-order valence-electron chi connectivity index (χ1n) is 7.02. The SMILES string of the molecule is CCCC(CNC(=O)NCCc1ccccc1F)C(=O)O. The van der Waals surface area contributed by atoms with Crippen molar-refractivity contribution < 1.29 is 19.1 Å². The Kier molecular flexibility index (Phi) is 7.21. The Hall–Kier alpha value is -2.11. The lowest BCUT2D eigenvalue weighted by molar-refractivity contribution is -0.141. The van der Waals surface area contributed by atoms with Crippen LogP contribution < -0.4 is 10.6 Å². The van der Waals surface area contributed by atoms with Crippen molar-refractivity contribution in [3.8, 4) is 0 Å². The highest BCUT2D eigenvalue weighted by molar-refractivity contribution is 5.75. The Labute approximate surface area is 123 Å². The van der Waals surface area contributed by atoms with Crippen LogP contribution in [0.1, 0.15) is 25.3 Å². The van der Waals surface area contributed by atoms with Gasteiger partial charge in [-0.05, 0) is 24.5 Å². The van der Waals surface area contributed by atoms with E-state index in [1.54, 1.807) is 18.2 Å². The lowest BCUT2D eigenvalue weighted by Gasteiger charge is -2.13. The molecule has 0 heterocycles. The molecular formula is C15H21FN2O3. The summed E-state index contributed by atoms with van der Waals surface area (Å²) in [4.78, 5) is 22.5. The third-order valence-corrected chi connectivity index (χ3v) is 3.13. The number of benzene rings is 1. The number of carboxylic acids is 1. The molecule has 0 bridgehead atoms. The fourth-order valence-electron chi connectivity index (χ4n) is 1.95. The van der Waals surface area contributed by atoms with Crippen LogP contribution in [0, 0.1) is 11.7 Å². The monoisotopic (exact) mass is 296 g/mol. The molecular weight excluding hydrogens is 275 g/mol. The number of nitrogens with one attached hydrogen (secondary N) is 2. The van der Waals surface area contributed by atoms with E-state index in [0.29, 0.717) is 18.4 Å². The van der Waals surface area contributed by atoms with Crippen molar-refractivity contribution in [2.45, 2.75) is 26.2 Å². The van der Waals surface area contributed by atoms with Gasteiger partial charge >= 0.3 is 12.0 Å². The highest BCUT2D eigenvalue weighted by atomic mass is 19.1. The van der Waals surface area contributed by atoms with Crippen molar-refractivity contribution >= 4 is 12.0 Å². The minimum atomic E-state index is -0.913. The molecule has 0 aliphatic rings. The fourth-order valence-corrected chi connectivity index (χ4v) is 1.95. The number of hydrogen-bond donors (Lipinski definition) is 3. The molecule has 1 aromatic carbocycles. The Balaban J connectivity index is 2.28. The lowest BCUT2D eigenvalue weighted by Crippen LogP contribution is -2.40. The first-order chi connectivity index (χ1) is 10.0. The molecule has 2 amide bonds. The summed E-state index contributed by atoms with van der Waals surface area (Å²) < 4.78 is 13.3. The maximum atomic E-state index is 13.3. The number of urea groups is 1. The van der Waals surface area contributed by atoms with E-state index in [1.807, 2.05) is 6.92 Å². The van der Waals surface area contributed by atoms with E-state index in [0.717, 1.165) is 6.42 Å². The van der Waals surface area contributed by atoms with Crippen LogP contribution in [-0.2, 0) is 11.2 Å². The molecule has 1 atom stereocenters. The van der Waals surface area contributed by atoms with E-state index >= 15 is 0 Å². The van der Waals surface area contributed by atoms with Crippen LogP contribution in [0.5, 0.6) is 0 Å². The van der Waals surface area contributed by atoms with Crippen molar-refractivity contribution in [2.24, 2.45) is 5.92 Å². The Morgan fingerprint density at radius 3 is 2.62 bits per heavy atom. The summed E-state index contributed by atoms with van der Waals surface area (Å²) in [6.45, 7) is 2.28. The van der Waals surface area contributed by atoms with Crippen molar-refractivity contribution in [2.75, 3.05) is 13.1 Å². The zero-order valence-corrected chi connectivity index (χ0v) is 12.1. The number of hydrogen-bond acceptors (Lipinski definition) is 2. The number of aliphatic carboxylic acids is 1. The Bertz CT molecular complexity index is 480. The van der Waals surface area contributed by atoms with E-state index in [2.05, 4.69) is 10.6 Å². The van der Waals surface area contributed by atoms with E-state index in [4.69, 9.17) is 5.11 Å². The maximum Gasteiger partial charge on any atom is 0.314 e. The highest BCUT2D eigenvalue weighted by Crippen LogP contribution is 2.06. The van der Waals surface area contributed by atoms with Crippen LogP contribution in [0.25, 0.3) is 0 Å². The van der Waals surface area contributed by atoms with Gasteiger partial charge in [-0.3, -0.25) is 4.79 Å². The summed E-state index contributed by atoms with van der Waals surface area (Å²) in [5.74, 6) is -1.79. The van der Waals surface area contributed by atoms with Gasteiger partial charge in [0.05, 0.1) is 5.92 Å². The van der Waals surface area contributed by atoms with Gasteiger partial charge in [0.1, 0.15) is 5.82 Å². The van der Waals surface area contributed by atoms with Gasteiger partial charge in [-0.1, -0.05) is 31.5 Å². The van der Waals surface area contributed by atoms with Gasteiger partial charge in [0.15, 0.2) is 0 Å². The second-order valence-electron chi connectivity index (χ2n) is 4.80. The molecule has 0 aromatic heterocycles. The zero-order valence-electron chi connectivity index (χ0n) is 12.1. The summed E-state index contributed by atoms with van der Waals surface area (Å²) in [5.41, 5.74) is 0.534. The number of carbonyl (C=O) groups excluding carboxylic acids is 1. The number of carbonyl (C=O) groups is 2. The average Bonchev–Trinajstić information content (AvgIpc) is 2.45. The maximum absolute atomic E-state index is 13.3. The minimum Gasteiger partial charge on any atom is -0.481 e. The molecule has 3 N–H and O–H groups in total. The molecule has 116 valence electrons. The molecule has 0 saturated carbocycles. The van der Waals surface area contributed by atoms with Gasteiger partial charge in [-0.15, -0.1) is 0 Å². The van der Waals surface area contributed by atoms with Crippen LogP contribution in [0.4, 0.5) is 9.18 Å². The standard InChI is InChI=1S/C15H21FN2O3/c1-2-5-12(14(19)20)10-18-15(21)17-9-8-11-6-3-4-7-13(11)16/h3-4,6-7,12H,2,5,8-10H2,1H3,(H,19,20)(H2,17,18,21). The van der Waals surface area contributed by atoms with Crippen LogP contribution in [-0.4, -0.2) is 30.2 Å². The Morgan fingerprint density at radius 1 is 1.29 bits per heavy atom. The second-order valence-corrected chi connectivity index (χ2v) is 4.80. The third-order valence-electron chi connectivity index (χ3n) is 3.13. The van der Waals surface area contributed by atoms with Gasteiger partial charge in [-0.25, -0.2) is 9.18 Å². The normalized spacial score (nSPS) is 11.7. The van der Waals surface area contributed by atoms with Crippen LogP contribution in [0.3, 0.4) is 0 Å². The molecule has 6 heteroatoms. The summed E-state index contributed by atoms with van der Waals surface area (Å²) >= 11 is 0. The molecule has 1 unspecified atom stereocenters. The van der Waals surface area contributed by atoms with Gasteiger partial charge in [-0.2, -0.15) is 0 Å². The van der Waals surface area contributed by atoms with Gasteiger partial charge < -0.3 is 15.7 Å². The van der Waals surface area contributed by atoms with Crippen molar-refractivity contribution in [1.29, 1.82) is 0 Å². The Morgan fingerprint density at radius 2 is 2.00 bits per heavy atom. The van der Waals surface area contributed by atoms with Gasteiger partial charge in [0.25, 0.3) is 0 Å². The molecule has 21 heavy (non-hydrogen) atoms. The number of amides is 2. The summed E-state index contributed by atoms with van der Waals surface area (Å²) in [6, 6.07) is 5.95. The first kappa shape index (κ1) is 16.9. The molecule has 0 saturated heterocycles. The van der Waals surface area contributed by atoms with Crippen molar-refractivity contribution in [3.05, 3.63) is 35.6 Å². The van der Waals surface area contributed by atoms with Crippen LogP contribution in [0.15, 0.2) is 24.3 Å². The molecule has 0 spiro atoms. The summed E-state index contributed by atoms with van der Waals surface area (Å²) in [7, 11) is 0. The quantitative estimate of drug-likeness (QED) is 0.688. The van der Waals surface area contributed by atoms with Crippen LogP contribution >= 0.6 is 0 Å². The number of carboxylic acid groups (broad SMARTS) is 1. The largest absolute Gasteiger partial charge is 0.481 e. The first-order valence-corrected chi connectivity index (χ1v) is 7.02. The average molecular weight is 296 g/mol. The van der Waals surface area contributed by atoms with E-state index in [9.17, 15) is 14.0 Å². The van der Waals surface area contributed by atoms with Crippen molar-refractivity contribution in [1.82, 2.24) is 10.6 Å². The number of halogens is 1. The molecule has 0 radical (unpaired) electrons. The molecule has 0 aliphatic heterocycles. The van der Waals surface area contributed by atoms with Crippen molar-refractivity contribution in [3.63, 3.8) is 0 Å². The third kappa shape index (κ3) is 6.25. The fraction of sp³-hybridized carbons (Fsp3) is 0.467. The predicted molar refractivity (Wildman–Crippen MR) is 77.5 cm³/mol. The lowest BCUT2D eigenvalue weighted by atomic mass is 10.0. The molecule has 0 fully saturated rings. The zero-order chi connectivity index (χ0) is 15.7. The highest BCUT2D eigenvalue weighted by Gasteiger charge is 2.16. The summed E-state index contributed by atoms with van der Waals surface area (Å²) in [6.07, 6.45) is 1.65. The molecule has 1 aromatic rings. The topological polar surface area (TPSA) is 78.4 Å². The molecule has 5 nitrogen and oxygen atoms in total. The minimum absolute atomic E-state index is 0.0920. The predicted octanol–water partition coefficient (Wildman–Crippen LogP) is 2.17.